The van der Waals surface area contributed by atoms with Gasteiger partial charge in [-0.15, -0.1) is 5.10 Å². The standard InChI is InChI=1S/C14H18ClN5/c1-14(6-2-3-7-14)9-20-13(17-18-19-20)10-4-5-11(15)12(16)8-10/h4-5,8H,2-3,6-7,9,16H2,1H3. The van der Waals surface area contributed by atoms with E-state index in [1.165, 1.54) is 25.7 Å². The Balaban J connectivity index is 1.91. The average molecular weight is 292 g/mol. The van der Waals surface area contributed by atoms with Gasteiger partial charge in [-0.2, -0.15) is 0 Å². The normalized spacial score (nSPS) is 17.5. The summed E-state index contributed by atoms with van der Waals surface area (Å²) < 4.78 is 1.88. The number of rotatable bonds is 3. The second-order valence-corrected chi connectivity index (χ2v) is 6.32. The Morgan fingerprint density at radius 2 is 2.10 bits per heavy atom. The molecule has 5 nitrogen and oxygen atoms in total. The van der Waals surface area contributed by atoms with E-state index in [-0.39, 0.29) is 0 Å². The minimum atomic E-state index is 0.294. The fraction of sp³-hybridized carbons (Fsp3) is 0.500. The van der Waals surface area contributed by atoms with Gasteiger partial charge in [0.25, 0.3) is 0 Å². The summed E-state index contributed by atoms with van der Waals surface area (Å²) in [6, 6.07) is 5.50. The maximum absolute atomic E-state index is 5.96. The van der Waals surface area contributed by atoms with Gasteiger partial charge in [-0.1, -0.05) is 31.4 Å². The molecular formula is C14H18ClN5. The number of aromatic nitrogens is 4. The summed E-state index contributed by atoms with van der Waals surface area (Å²) in [6.45, 7) is 3.15. The predicted octanol–water partition coefficient (Wildman–Crippen LogP) is 3.16. The van der Waals surface area contributed by atoms with Crippen molar-refractivity contribution in [3.8, 4) is 11.4 Å². The lowest BCUT2D eigenvalue weighted by molar-refractivity contribution is 0.267. The van der Waals surface area contributed by atoms with Crippen molar-refractivity contribution in [2.24, 2.45) is 5.41 Å². The molecule has 0 amide bonds. The number of nitrogen functional groups attached to an aromatic ring is 1. The predicted molar refractivity (Wildman–Crippen MR) is 79.3 cm³/mol. The Morgan fingerprint density at radius 3 is 2.80 bits per heavy atom. The van der Waals surface area contributed by atoms with Crippen LogP contribution in [0, 0.1) is 5.41 Å². The van der Waals surface area contributed by atoms with E-state index in [0.29, 0.717) is 16.1 Å². The maximum atomic E-state index is 5.96. The van der Waals surface area contributed by atoms with Crippen LogP contribution < -0.4 is 5.73 Å². The molecule has 3 rings (SSSR count). The van der Waals surface area contributed by atoms with E-state index in [1.54, 1.807) is 6.07 Å². The number of hydrogen-bond donors (Lipinski definition) is 1. The van der Waals surface area contributed by atoms with Crippen LogP contribution in [-0.4, -0.2) is 20.2 Å². The van der Waals surface area contributed by atoms with Crippen LogP contribution in [0.25, 0.3) is 11.4 Å². The SMILES string of the molecule is CC1(Cn2nnnc2-c2ccc(Cl)c(N)c2)CCCC1. The minimum absolute atomic E-state index is 0.294. The highest BCUT2D eigenvalue weighted by atomic mass is 35.5. The first kappa shape index (κ1) is 13.4. The van der Waals surface area contributed by atoms with Gasteiger partial charge in [0.2, 0.25) is 0 Å². The molecule has 0 atom stereocenters. The van der Waals surface area contributed by atoms with Gasteiger partial charge in [0.05, 0.1) is 17.3 Å². The summed E-state index contributed by atoms with van der Waals surface area (Å²) in [7, 11) is 0. The number of anilines is 1. The molecule has 1 heterocycles. The molecule has 20 heavy (non-hydrogen) atoms. The highest BCUT2D eigenvalue weighted by molar-refractivity contribution is 6.33. The van der Waals surface area contributed by atoms with Crippen molar-refractivity contribution in [3.63, 3.8) is 0 Å². The van der Waals surface area contributed by atoms with Crippen LogP contribution in [0.4, 0.5) is 5.69 Å². The van der Waals surface area contributed by atoms with Crippen LogP contribution in [0.3, 0.4) is 0 Å². The quantitative estimate of drug-likeness (QED) is 0.882. The van der Waals surface area contributed by atoms with Gasteiger partial charge < -0.3 is 5.73 Å². The van der Waals surface area contributed by atoms with Gasteiger partial charge in [0.1, 0.15) is 0 Å². The fourth-order valence-electron chi connectivity index (χ4n) is 2.95. The lowest BCUT2D eigenvalue weighted by Gasteiger charge is -2.23. The van der Waals surface area contributed by atoms with E-state index in [0.717, 1.165) is 17.9 Å². The van der Waals surface area contributed by atoms with Crippen molar-refractivity contribution in [3.05, 3.63) is 23.2 Å². The summed E-state index contributed by atoms with van der Waals surface area (Å²) >= 11 is 5.96. The van der Waals surface area contributed by atoms with Crippen LogP contribution >= 0.6 is 11.6 Å². The molecule has 0 bridgehead atoms. The van der Waals surface area contributed by atoms with Gasteiger partial charge in [-0.25, -0.2) is 4.68 Å². The molecule has 0 unspecified atom stereocenters. The molecule has 106 valence electrons. The zero-order valence-electron chi connectivity index (χ0n) is 11.5. The summed E-state index contributed by atoms with van der Waals surface area (Å²) in [4.78, 5) is 0. The highest BCUT2D eigenvalue weighted by Gasteiger charge is 2.30. The number of hydrogen-bond acceptors (Lipinski definition) is 4. The van der Waals surface area contributed by atoms with Gasteiger partial charge in [0, 0.05) is 5.56 Å². The zero-order valence-corrected chi connectivity index (χ0v) is 12.3. The lowest BCUT2D eigenvalue weighted by atomic mass is 9.89. The monoisotopic (exact) mass is 291 g/mol. The van der Waals surface area contributed by atoms with Gasteiger partial charge in [0.15, 0.2) is 5.82 Å². The van der Waals surface area contributed by atoms with Crippen molar-refractivity contribution >= 4 is 17.3 Å². The number of nitrogens with two attached hydrogens (primary N) is 1. The van der Waals surface area contributed by atoms with Crippen molar-refractivity contribution in [2.45, 2.75) is 39.2 Å². The van der Waals surface area contributed by atoms with Crippen LogP contribution in [0.5, 0.6) is 0 Å². The number of halogens is 1. The molecule has 1 aromatic heterocycles. The van der Waals surface area contributed by atoms with Gasteiger partial charge >= 0.3 is 0 Å². The van der Waals surface area contributed by atoms with Crippen LogP contribution in [0.2, 0.25) is 5.02 Å². The second kappa shape index (κ2) is 5.05. The highest BCUT2D eigenvalue weighted by Crippen LogP contribution is 2.39. The summed E-state index contributed by atoms with van der Waals surface area (Å²) in [5.74, 6) is 0.751. The summed E-state index contributed by atoms with van der Waals surface area (Å²) in [5.41, 5.74) is 7.60. The van der Waals surface area contributed by atoms with Crippen molar-refractivity contribution in [2.75, 3.05) is 5.73 Å². The minimum Gasteiger partial charge on any atom is -0.398 e. The molecule has 2 aromatic rings. The largest absolute Gasteiger partial charge is 0.398 e. The molecule has 0 spiro atoms. The molecule has 1 saturated carbocycles. The van der Waals surface area contributed by atoms with E-state index < -0.39 is 0 Å². The van der Waals surface area contributed by atoms with E-state index in [4.69, 9.17) is 17.3 Å². The topological polar surface area (TPSA) is 69.6 Å². The van der Waals surface area contributed by atoms with E-state index in [9.17, 15) is 0 Å². The molecule has 1 aromatic carbocycles. The first-order chi connectivity index (χ1) is 9.57. The first-order valence-corrected chi connectivity index (χ1v) is 7.27. The Morgan fingerprint density at radius 1 is 1.35 bits per heavy atom. The van der Waals surface area contributed by atoms with Gasteiger partial charge in [-0.3, -0.25) is 0 Å². The van der Waals surface area contributed by atoms with Crippen molar-refractivity contribution in [1.82, 2.24) is 20.2 Å². The molecule has 0 saturated heterocycles. The number of nitrogens with zero attached hydrogens (tertiary/aromatic N) is 4. The third kappa shape index (κ3) is 2.50. The zero-order chi connectivity index (χ0) is 14.2. The average Bonchev–Trinajstić information content (AvgIpc) is 3.03. The van der Waals surface area contributed by atoms with E-state index >= 15 is 0 Å². The molecule has 1 fully saturated rings. The van der Waals surface area contributed by atoms with E-state index in [2.05, 4.69) is 22.4 Å². The van der Waals surface area contributed by atoms with E-state index in [1.807, 2.05) is 16.8 Å². The van der Waals surface area contributed by atoms with Crippen molar-refractivity contribution in [1.29, 1.82) is 0 Å². The smallest absolute Gasteiger partial charge is 0.182 e. The third-order valence-electron chi connectivity index (χ3n) is 4.13. The second-order valence-electron chi connectivity index (χ2n) is 5.91. The van der Waals surface area contributed by atoms with Gasteiger partial charge in [-0.05, 0) is 46.9 Å². The molecule has 2 N–H and O–H groups in total. The number of tetrazole rings is 1. The maximum Gasteiger partial charge on any atom is 0.182 e. The number of benzene rings is 1. The van der Waals surface area contributed by atoms with Crippen LogP contribution in [0.15, 0.2) is 18.2 Å². The Kier molecular flexibility index (Phi) is 3.38. The molecular weight excluding hydrogens is 274 g/mol. The molecule has 0 aliphatic heterocycles. The summed E-state index contributed by atoms with van der Waals surface area (Å²) in [5, 5.41) is 12.6. The lowest BCUT2D eigenvalue weighted by Crippen LogP contribution is -2.21. The first-order valence-electron chi connectivity index (χ1n) is 6.89. The molecule has 1 aliphatic carbocycles. The summed E-state index contributed by atoms with van der Waals surface area (Å²) in [6.07, 6.45) is 5.05. The van der Waals surface area contributed by atoms with Crippen molar-refractivity contribution < 1.29 is 0 Å². The fourth-order valence-corrected chi connectivity index (χ4v) is 3.07. The molecule has 1 aliphatic rings. The molecule has 6 heteroatoms. The molecule has 0 radical (unpaired) electrons. The Labute approximate surface area is 123 Å². The Bertz CT molecular complexity index is 616. The Hall–Kier alpha value is -1.62. The van der Waals surface area contributed by atoms with Crippen LogP contribution in [-0.2, 0) is 6.54 Å². The van der Waals surface area contributed by atoms with Crippen LogP contribution in [0.1, 0.15) is 32.6 Å². The third-order valence-corrected chi connectivity index (χ3v) is 4.47.